The average Bonchev–Trinajstić information content (AvgIpc) is 2.36. The van der Waals surface area contributed by atoms with Crippen LogP contribution in [0, 0.1) is 0 Å². The van der Waals surface area contributed by atoms with Crippen molar-refractivity contribution in [3.05, 3.63) is 11.8 Å². The summed E-state index contributed by atoms with van der Waals surface area (Å²) >= 11 is 0. The highest BCUT2D eigenvalue weighted by Crippen LogP contribution is 2.16. The highest BCUT2D eigenvalue weighted by atomic mass is 16.6. The molecule has 1 heterocycles. The fourth-order valence-corrected chi connectivity index (χ4v) is 0.891. The van der Waals surface area contributed by atoms with Gasteiger partial charge in [-0.25, -0.2) is 4.79 Å². The van der Waals surface area contributed by atoms with Crippen LogP contribution in [0.25, 0.3) is 0 Å². The van der Waals surface area contributed by atoms with E-state index in [1.54, 1.807) is 6.92 Å². The number of carbonyl (C=O) groups excluding carboxylic acids is 2. The second kappa shape index (κ2) is 3.90. The second-order valence-electron chi connectivity index (χ2n) is 2.34. The van der Waals surface area contributed by atoms with Gasteiger partial charge >= 0.3 is 11.9 Å². The molecule has 0 aromatic rings. The first-order valence-electron chi connectivity index (χ1n) is 3.80. The van der Waals surface area contributed by atoms with Gasteiger partial charge in [0.25, 0.3) is 0 Å². The van der Waals surface area contributed by atoms with Gasteiger partial charge in [-0.2, -0.15) is 0 Å². The molecule has 4 nitrogen and oxygen atoms in total. The minimum absolute atomic E-state index is 0.287. The van der Waals surface area contributed by atoms with E-state index in [0.717, 1.165) is 0 Å². The minimum Gasteiger partial charge on any atom is -0.463 e. The molecule has 0 aromatic carbocycles. The number of hydrogen-bond acceptors (Lipinski definition) is 4. The van der Waals surface area contributed by atoms with Gasteiger partial charge in [0.15, 0.2) is 0 Å². The van der Waals surface area contributed by atoms with Crippen LogP contribution in [0.1, 0.15) is 19.8 Å². The maximum absolute atomic E-state index is 10.8. The summed E-state index contributed by atoms with van der Waals surface area (Å²) in [6.07, 6.45) is 2.07. The van der Waals surface area contributed by atoms with Crippen LogP contribution in [-0.4, -0.2) is 18.5 Å². The van der Waals surface area contributed by atoms with Gasteiger partial charge < -0.3 is 9.47 Å². The predicted molar refractivity (Wildman–Crippen MR) is 40.0 cm³/mol. The quantitative estimate of drug-likeness (QED) is 0.453. The Bertz CT molecular complexity index is 229. The van der Waals surface area contributed by atoms with E-state index in [9.17, 15) is 9.59 Å². The summed E-state index contributed by atoms with van der Waals surface area (Å²) < 4.78 is 9.33. The van der Waals surface area contributed by atoms with Gasteiger partial charge in [0.2, 0.25) is 0 Å². The van der Waals surface area contributed by atoms with E-state index >= 15 is 0 Å². The Morgan fingerprint density at radius 1 is 1.67 bits per heavy atom. The molecular weight excluding hydrogens is 160 g/mol. The summed E-state index contributed by atoms with van der Waals surface area (Å²) in [7, 11) is 0. The van der Waals surface area contributed by atoms with Crippen molar-refractivity contribution >= 4 is 11.9 Å². The van der Waals surface area contributed by atoms with Crippen LogP contribution in [0.5, 0.6) is 0 Å². The van der Waals surface area contributed by atoms with E-state index in [1.165, 1.54) is 6.08 Å². The van der Waals surface area contributed by atoms with Gasteiger partial charge in [-0.15, -0.1) is 0 Å². The van der Waals surface area contributed by atoms with Gasteiger partial charge in [-0.1, -0.05) is 0 Å². The van der Waals surface area contributed by atoms with E-state index in [1.807, 2.05) is 0 Å². The van der Waals surface area contributed by atoms with Crippen LogP contribution in [0.3, 0.4) is 0 Å². The molecular formula is C8H10O4. The lowest BCUT2D eigenvalue weighted by atomic mass is 10.3. The Balaban J connectivity index is 2.46. The first kappa shape index (κ1) is 8.77. The van der Waals surface area contributed by atoms with Crippen molar-refractivity contribution in [2.75, 3.05) is 6.61 Å². The molecule has 0 radical (unpaired) electrons. The highest BCUT2D eigenvalue weighted by molar-refractivity contribution is 5.84. The number of esters is 2. The van der Waals surface area contributed by atoms with Gasteiger partial charge in [0.1, 0.15) is 5.76 Å². The molecule has 1 rings (SSSR count). The molecule has 1 saturated heterocycles. The third-order valence-corrected chi connectivity index (χ3v) is 1.39. The largest absolute Gasteiger partial charge is 0.463 e. The van der Waals surface area contributed by atoms with Crippen molar-refractivity contribution in [3.63, 3.8) is 0 Å². The Labute approximate surface area is 70.1 Å². The molecule has 0 saturated carbocycles. The molecule has 1 aliphatic heterocycles. The lowest BCUT2D eigenvalue weighted by Crippen LogP contribution is -2.01. The second-order valence-corrected chi connectivity index (χ2v) is 2.34. The topological polar surface area (TPSA) is 52.6 Å². The molecule has 66 valence electrons. The van der Waals surface area contributed by atoms with Crippen molar-refractivity contribution < 1.29 is 19.1 Å². The Kier molecular flexibility index (Phi) is 2.85. The smallest absolute Gasteiger partial charge is 0.334 e. The molecule has 0 N–H and O–H groups in total. The zero-order chi connectivity index (χ0) is 8.97. The molecule has 0 amide bonds. The van der Waals surface area contributed by atoms with Crippen LogP contribution >= 0.6 is 0 Å². The Morgan fingerprint density at radius 2 is 2.42 bits per heavy atom. The molecule has 0 aliphatic carbocycles. The number of rotatable bonds is 2. The van der Waals surface area contributed by atoms with E-state index in [4.69, 9.17) is 4.74 Å². The maximum Gasteiger partial charge on any atom is 0.334 e. The first-order valence-corrected chi connectivity index (χ1v) is 3.80. The Hall–Kier alpha value is -1.32. The van der Waals surface area contributed by atoms with Gasteiger partial charge in [0.05, 0.1) is 19.1 Å². The zero-order valence-corrected chi connectivity index (χ0v) is 6.83. The molecule has 0 atom stereocenters. The number of cyclic esters (lactones) is 1. The number of allylic oxidation sites excluding steroid dienone is 1. The predicted octanol–water partition coefficient (Wildman–Crippen LogP) is 0.770. The molecule has 4 heteroatoms. The summed E-state index contributed by atoms with van der Waals surface area (Å²) in [6.45, 7) is 2.05. The molecule has 12 heavy (non-hydrogen) atoms. The third-order valence-electron chi connectivity index (χ3n) is 1.39. The normalized spacial score (nSPS) is 19.4. The van der Waals surface area contributed by atoms with Crippen molar-refractivity contribution in [3.8, 4) is 0 Å². The van der Waals surface area contributed by atoms with Crippen LogP contribution in [-0.2, 0) is 19.1 Å². The summed E-state index contributed by atoms with van der Waals surface area (Å²) in [5.41, 5.74) is 0. The van der Waals surface area contributed by atoms with Crippen molar-refractivity contribution in [2.24, 2.45) is 0 Å². The number of hydrogen-bond donors (Lipinski definition) is 0. The molecule has 1 aliphatic rings. The molecule has 0 spiro atoms. The zero-order valence-electron chi connectivity index (χ0n) is 6.83. The minimum atomic E-state index is -0.456. The van der Waals surface area contributed by atoms with E-state index in [-0.39, 0.29) is 5.97 Å². The maximum atomic E-state index is 10.8. The van der Waals surface area contributed by atoms with Crippen LogP contribution in [0.2, 0.25) is 0 Å². The summed E-state index contributed by atoms with van der Waals surface area (Å²) in [6, 6.07) is 0. The first-order chi connectivity index (χ1) is 5.72. The number of ether oxygens (including phenoxy) is 2. The van der Waals surface area contributed by atoms with Crippen molar-refractivity contribution in [1.29, 1.82) is 0 Å². The molecule has 1 fully saturated rings. The highest BCUT2D eigenvalue weighted by Gasteiger charge is 2.18. The lowest BCUT2D eigenvalue weighted by molar-refractivity contribution is -0.137. The summed E-state index contributed by atoms with van der Waals surface area (Å²) in [5, 5.41) is 0. The third kappa shape index (κ3) is 2.38. The molecule has 0 aromatic heterocycles. The number of carbonyl (C=O) groups is 2. The molecule has 0 unspecified atom stereocenters. The fourth-order valence-electron chi connectivity index (χ4n) is 0.891. The van der Waals surface area contributed by atoms with Crippen LogP contribution in [0.15, 0.2) is 11.8 Å². The van der Waals surface area contributed by atoms with Gasteiger partial charge in [-0.3, -0.25) is 4.79 Å². The summed E-state index contributed by atoms with van der Waals surface area (Å²) in [4.78, 5) is 21.4. The van der Waals surface area contributed by atoms with Crippen molar-refractivity contribution in [2.45, 2.75) is 19.8 Å². The van der Waals surface area contributed by atoms with Gasteiger partial charge in [-0.05, 0) is 6.92 Å². The summed E-state index contributed by atoms with van der Waals surface area (Å²) in [5.74, 6) is -0.341. The monoisotopic (exact) mass is 170 g/mol. The van der Waals surface area contributed by atoms with E-state index in [0.29, 0.717) is 25.2 Å². The average molecular weight is 170 g/mol. The van der Waals surface area contributed by atoms with Crippen LogP contribution in [0.4, 0.5) is 0 Å². The fraction of sp³-hybridized carbons (Fsp3) is 0.500. The molecule has 0 bridgehead atoms. The van der Waals surface area contributed by atoms with Gasteiger partial charge in [0, 0.05) is 6.42 Å². The van der Waals surface area contributed by atoms with E-state index < -0.39 is 5.97 Å². The van der Waals surface area contributed by atoms with Crippen molar-refractivity contribution in [1.82, 2.24) is 0 Å². The van der Waals surface area contributed by atoms with Crippen LogP contribution < -0.4 is 0 Å². The standard InChI is InChI=1S/C8H10O4/c1-2-11-8(10)5-6-3-4-7(9)12-6/h5H,2-4H2,1H3. The van der Waals surface area contributed by atoms with E-state index in [2.05, 4.69) is 4.74 Å². The lowest BCUT2D eigenvalue weighted by Gasteiger charge is -1.96. The Morgan fingerprint density at radius 3 is 2.92 bits per heavy atom. The SMILES string of the molecule is CCOC(=O)C=C1CCC(=O)O1.